The third-order valence-corrected chi connectivity index (χ3v) is 3.83. The minimum absolute atomic E-state index is 0.129. The van der Waals surface area contributed by atoms with Crippen LogP contribution >= 0.6 is 0 Å². The lowest BCUT2D eigenvalue weighted by Crippen LogP contribution is -2.10. The lowest BCUT2D eigenvalue weighted by molar-refractivity contribution is 0.602. The Morgan fingerprint density at radius 2 is 2.18 bits per heavy atom. The van der Waals surface area contributed by atoms with Crippen LogP contribution in [0.15, 0.2) is 23.1 Å². The average molecular weight is 253 g/mol. The zero-order chi connectivity index (χ0) is 12.6. The monoisotopic (exact) mass is 253 g/mol. The van der Waals surface area contributed by atoms with E-state index in [1.807, 2.05) is 6.92 Å². The van der Waals surface area contributed by atoms with E-state index in [2.05, 4.69) is 9.97 Å². The molecule has 1 aromatic carbocycles. The molecular weight excluding hydrogens is 238 g/mol. The average Bonchev–Trinajstić information content (AvgIpc) is 2.69. The van der Waals surface area contributed by atoms with E-state index in [0.717, 1.165) is 16.9 Å². The van der Waals surface area contributed by atoms with Gasteiger partial charge in [0, 0.05) is 18.7 Å². The maximum absolute atomic E-state index is 11.4. The molecule has 6 heteroatoms. The molecule has 0 aliphatic carbocycles. The Hall–Kier alpha value is -1.40. The van der Waals surface area contributed by atoms with E-state index in [4.69, 9.17) is 5.73 Å². The highest BCUT2D eigenvalue weighted by molar-refractivity contribution is 7.90. The fourth-order valence-corrected chi connectivity index (χ4v) is 2.23. The van der Waals surface area contributed by atoms with Gasteiger partial charge in [0.15, 0.2) is 9.84 Å². The summed E-state index contributed by atoms with van der Waals surface area (Å²) in [5, 5.41) is 0. The quantitative estimate of drug-likeness (QED) is 0.855. The molecule has 1 heterocycles. The highest BCUT2D eigenvalue weighted by atomic mass is 32.2. The summed E-state index contributed by atoms with van der Waals surface area (Å²) >= 11 is 0. The Balaban J connectivity index is 2.56. The van der Waals surface area contributed by atoms with Crippen LogP contribution in [0.2, 0.25) is 0 Å². The van der Waals surface area contributed by atoms with Crippen LogP contribution in [0.3, 0.4) is 0 Å². The van der Waals surface area contributed by atoms with Crippen molar-refractivity contribution in [1.82, 2.24) is 9.97 Å². The molecule has 1 unspecified atom stereocenters. The first-order chi connectivity index (χ1) is 7.91. The standard InChI is InChI=1S/C11H15N3O2S/c1-7(6-12)11-13-9-4-3-8(17(2,15)16)5-10(9)14-11/h3-5,7H,6,12H2,1-2H3,(H,13,14). The van der Waals surface area contributed by atoms with Crippen molar-refractivity contribution in [2.24, 2.45) is 5.73 Å². The second-order valence-corrected chi connectivity index (χ2v) is 6.23. The van der Waals surface area contributed by atoms with Crippen LogP contribution in [-0.4, -0.2) is 31.2 Å². The third-order valence-electron chi connectivity index (χ3n) is 2.72. The van der Waals surface area contributed by atoms with E-state index in [-0.39, 0.29) is 5.92 Å². The van der Waals surface area contributed by atoms with Gasteiger partial charge in [-0.25, -0.2) is 13.4 Å². The summed E-state index contributed by atoms with van der Waals surface area (Å²) in [6, 6.07) is 4.87. The van der Waals surface area contributed by atoms with Crippen LogP contribution in [-0.2, 0) is 9.84 Å². The SMILES string of the molecule is CC(CN)c1nc2ccc(S(C)(=O)=O)cc2[nH]1. The number of benzene rings is 1. The molecule has 2 rings (SSSR count). The van der Waals surface area contributed by atoms with Crippen molar-refractivity contribution in [2.75, 3.05) is 12.8 Å². The van der Waals surface area contributed by atoms with Crippen molar-refractivity contribution in [1.29, 1.82) is 0 Å². The summed E-state index contributed by atoms with van der Waals surface area (Å²) in [4.78, 5) is 7.77. The topological polar surface area (TPSA) is 88.8 Å². The van der Waals surface area contributed by atoms with E-state index in [1.165, 1.54) is 6.26 Å². The molecule has 3 N–H and O–H groups in total. The Bertz CT molecular complexity index is 646. The van der Waals surface area contributed by atoms with Gasteiger partial charge in [0.05, 0.1) is 15.9 Å². The summed E-state index contributed by atoms with van der Waals surface area (Å²) < 4.78 is 22.8. The van der Waals surface area contributed by atoms with Crippen LogP contribution in [0.1, 0.15) is 18.7 Å². The molecule has 2 aromatic rings. The maximum Gasteiger partial charge on any atom is 0.175 e. The third kappa shape index (κ3) is 2.32. The maximum atomic E-state index is 11.4. The van der Waals surface area contributed by atoms with Crippen LogP contribution in [0.25, 0.3) is 11.0 Å². The van der Waals surface area contributed by atoms with Crippen molar-refractivity contribution in [3.63, 3.8) is 0 Å². The zero-order valence-electron chi connectivity index (χ0n) is 9.77. The normalized spacial score (nSPS) is 14.1. The van der Waals surface area contributed by atoms with Gasteiger partial charge in [-0.2, -0.15) is 0 Å². The number of nitrogens with two attached hydrogens (primary N) is 1. The molecule has 0 radical (unpaired) electrons. The lowest BCUT2D eigenvalue weighted by Gasteiger charge is -2.01. The first kappa shape index (κ1) is 12.1. The van der Waals surface area contributed by atoms with Gasteiger partial charge < -0.3 is 10.7 Å². The first-order valence-corrected chi connectivity index (χ1v) is 7.20. The van der Waals surface area contributed by atoms with Crippen LogP contribution in [0.4, 0.5) is 0 Å². The summed E-state index contributed by atoms with van der Waals surface area (Å²) in [7, 11) is -3.18. The number of aromatic amines is 1. The number of nitrogens with zero attached hydrogens (tertiary/aromatic N) is 1. The van der Waals surface area contributed by atoms with Crippen molar-refractivity contribution in [2.45, 2.75) is 17.7 Å². The molecule has 1 atom stereocenters. The largest absolute Gasteiger partial charge is 0.342 e. The van der Waals surface area contributed by atoms with E-state index in [0.29, 0.717) is 11.4 Å². The number of H-pyrrole nitrogens is 1. The summed E-state index contributed by atoms with van der Waals surface area (Å²) in [6.07, 6.45) is 1.19. The van der Waals surface area contributed by atoms with Crippen molar-refractivity contribution in [3.8, 4) is 0 Å². The Kier molecular flexibility index (Phi) is 2.92. The van der Waals surface area contributed by atoms with Gasteiger partial charge in [0.2, 0.25) is 0 Å². The molecular formula is C11H15N3O2S. The highest BCUT2D eigenvalue weighted by Gasteiger charge is 2.12. The molecule has 0 fully saturated rings. The van der Waals surface area contributed by atoms with Gasteiger partial charge in [0.25, 0.3) is 0 Å². The Morgan fingerprint density at radius 1 is 1.47 bits per heavy atom. The van der Waals surface area contributed by atoms with E-state index >= 15 is 0 Å². The van der Waals surface area contributed by atoms with Gasteiger partial charge in [0.1, 0.15) is 5.82 Å². The van der Waals surface area contributed by atoms with E-state index in [9.17, 15) is 8.42 Å². The minimum atomic E-state index is -3.18. The number of nitrogens with one attached hydrogen (secondary N) is 1. The number of imidazole rings is 1. The highest BCUT2D eigenvalue weighted by Crippen LogP contribution is 2.20. The number of hydrogen-bond acceptors (Lipinski definition) is 4. The summed E-state index contributed by atoms with van der Waals surface area (Å²) in [6.45, 7) is 2.47. The smallest absolute Gasteiger partial charge is 0.175 e. The zero-order valence-corrected chi connectivity index (χ0v) is 10.6. The molecule has 92 valence electrons. The minimum Gasteiger partial charge on any atom is -0.342 e. The second kappa shape index (κ2) is 4.12. The molecule has 5 nitrogen and oxygen atoms in total. The van der Waals surface area contributed by atoms with Crippen molar-refractivity contribution in [3.05, 3.63) is 24.0 Å². The molecule has 0 aliphatic heterocycles. The number of hydrogen-bond donors (Lipinski definition) is 2. The molecule has 17 heavy (non-hydrogen) atoms. The Morgan fingerprint density at radius 3 is 2.76 bits per heavy atom. The Labute approximate surface area is 100.0 Å². The van der Waals surface area contributed by atoms with Gasteiger partial charge in [-0.15, -0.1) is 0 Å². The van der Waals surface area contributed by atoms with Crippen molar-refractivity contribution < 1.29 is 8.42 Å². The molecule has 0 saturated heterocycles. The second-order valence-electron chi connectivity index (χ2n) is 4.21. The van der Waals surface area contributed by atoms with Gasteiger partial charge in [-0.1, -0.05) is 6.92 Å². The van der Waals surface area contributed by atoms with Gasteiger partial charge in [-0.3, -0.25) is 0 Å². The number of aromatic nitrogens is 2. The summed E-state index contributed by atoms with van der Waals surface area (Å²) in [5.41, 5.74) is 7.05. The summed E-state index contributed by atoms with van der Waals surface area (Å²) in [5.74, 6) is 0.914. The molecule has 0 bridgehead atoms. The lowest BCUT2D eigenvalue weighted by atomic mass is 10.2. The fourth-order valence-electron chi connectivity index (χ4n) is 1.58. The molecule has 1 aromatic heterocycles. The number of rotatable bonds is 3. The van der Waals surface area contributed by atoms with Crippen LogP contribution in [0, 0.1) is 0 Å². The fraction of sp³-hybridized carbons (Fsp3) is 0.364. The van der Waals surface area contributed by atoms with Gasteiger partial charge >= 0.3 is 0 Å². The van der Waals surface area contributed by atoms with Gasteiger partial charge in [-0.05, 0) is 18.2 Å². The van der Waals surface area contributed by atoms with Crippen molar-refractivity contribution >= 4 is 20.9 Å². The van der Waals surface area contributed by atoms with E-state index < -0.39 is 9.84 Å². The first-order valence-electron chi connectivity index (χ1n) is 5.31. The predicted octanol–water partition coefficient (Wildman–Crippen LogP) is 1.03. The number of sulfone groups is 1. The molecule has 0 amide bonds. The predicted molar refractivity (Wildman–Crippen MR) is 66.7 cm³/mol. The molecule has 0 saturated carbocycles. The number of fused-ring (bicyclic) bond motifs is 1. The van der Waals surface area contributed by atoms with E-state index in [1.54, 1.807) is 18.2 Å². The molecule has 0 spiro atoms. The van der Waals surface area contributed by atoms with Crippen LogP contribution in [0.5, 0.6) is 0 Å². The van der Waals surface area contributed by atoms with Crippen LogP contribution < -0.4 is 5.73 Å². The molecule has 0 aliphatic rings.